The van der Waals surface area contributed by atoms with Gasteiger partial charge in [0.05, 0.1) is 22.3 Å². The van der Waals surface area contributed by atoms with E-state index in [-0.39, 0.29) is 35.0 Å². The Bertz CT molecular complexity index is 1050. The van der Waals surface area contributed by atoms with E-state index in [1.165, 1.54) is 21.4 Å². The number of halogens is 1. The molecule has 10 heteroatoms. The smallest absolute Gasteiger partial charge is 0.333 e. The van der Waals surface area contributed by atoms with E-state index in [2.05, 4.69) is 16.0 Å². The van der Waals surface area contributed by atoms with Gasteiger partial charge >= 0.3 is 5.69 Å². The van der Waals surface area contributed by atoms with Gasteiger partial charge in [-0.1, -0.05) is 37.3 Å². The Morgan fingerprint density at radius 3 is 2.55 bits per heavy atom. The zero-order valence-electron chi connectivity index (χ0n) is 18.4. The maximum absolute atomic E-state index is 12.9. The van der Waals surface area contributed by atoms with E-state index in [1.54, 1.807) is 18.3 Å². The molecule has 2 fully saturated rings. The molecule has 0 bridgehead atoms. The molecule has 1 aliphatic heterocycles. The Balaban J connectivity index is 1.46. The summed E-state index contributed by atoms with van der Waals surface area (Å²) < 4.78 is 2.67. The van der Waals surface area contributed by atoms with E-state index in [9.17, 15) is 19.5 Å². The van der Waals surface area contributed by atoms with E-state index in [0.29, 0.717) is 5.69 Å². The monoisotopic (exact) mass is 475 g/mol. The fraction of sp³-hybridized carbons (Fsp3) is 0.522. The zero-order chi connectivity index (χ0) is 23.4. The maximum atomic E-state index is 12.9. The summed E-state index contributed by atoms with van der Waals surface area (Å²) in [5.41, 5.74) is 0.224. The first-order chi connectivity index (χ1) is 15.9. The number of hydrogen-bond acceptors (Lipinski definition) is 5. The van der Waals surface area contributed by atoms with Crippen LogP contribution in [0.1, 0.15) is 48.9 Å². The SMILES string of the molecule is O=C(Cn1ccn(-c2ccc(Cl)c(C(=O)NC(O)C3CCCCCC3)c2)c1=O)NC1CNC1. The van der Waals surface area contributed by atoms with Crippen LogP contribution < -0.4 is 21.6 Å². The Kier molecular flexibility index (Phi) is 7.52. The lowest BCUT2D eigenvalue weighted by Crippen LogP contribution is -2.57. The molecule has 4 N–H and O–H groups in total. The predicted molar refractivity (Wildman–Crippen MR) is 125 cm³/mol. The minimum absolute atomic E-state index is 0.0249. The fourth-order valence-electron chi connectivity index (χ4n) is 4.34. The largest absolute Gasteiger partial charge is 0.373 e. The number of carbonyl (C=O) groups is 2. The van der Waals surface area contributed by atoms with Gasteiger partial charge < -0.3 is 21.1 Å². The summed E-state index contributed by atoms with van der Waals surface area (Å²) in [5, 5.41) is 19.4. The van der Waals surface area contributed by atoms with Crippen LogP contribution in [0.5, 0.6) is 0 Å². The maximum Gasteiger partial charge on any atom is 0.333 e. The summed E-state index contributed by atoms with van der Waals surface area (Å²) in [6.07, 6.45) is 8.29. The number of aromatic nitrogens is 2. The molecular formula is C23H30ClN5O4. The highest BCUT2D eigenvalue weighted by molar-refractivity contribution is 6.33. The molecule has 1 unspecified atom stereocenters. The predicted octanol–water partition coefficient (Wildman–Crippen LogP) is 1.40. The topological polar surface area (TPSA) is 117 Å². The highest BCUT2D eigenvalue weighted by Crippen LogP contribution is 2.25. The molecule has 1 aliphatic carbocycles. The van der Waals surface area contributed by atoms with Gasteiger partial charge in [0.15, 0.2) is 0 Å². The van der Waals surface area contributed by atoms with Gasteiger partial charge in [-0.3, -0.25) is 18.7 Å². The number of aliphatic hydroxyl groups is 1. The van der Waals surface area contributed by atoms with Gasteiger partial charge in [0.1, 0.15) is 12.8 Å². The molecule has 178 valence electrons. The molecule has 0 spiro atoms. The average Bonchev–Trinajstić information content (AvgIpc) is 2.95. The molecule has 0 radical (unpaired) electrons. The number of rotatable bonds is 7. The molecule has 2 aromatic rings. The average molecular weight is 476 g/mol. The Morgan fingerprint density at radius 2 is 1.88 bits per heavy atom. The molecule has 2 aliphatic rings. The van der Waals surface area contributed by atoms with Gasteiger partial charge in [-0.2, -0.15) is 0 Å². The summed E-state index contributed by atoms with van der Waals surface area (Å²) >= 11 is 6.26. The quantitative estimate of drug-likeness (QED) is 0.356. The van der Waals surface area contributed by atoms with Gasteiger partial charge in [-0.05, 0) is 31.0 Å². The van der Waals surface area contributed by atoms with E-state index in [1.807, 2.05) is 0 Å². The minimum atomic E-state index is -0.941. The second kappa shape index (κ2) is 10.5. The number of aliphatic hydroxyl groups excluding tert-OH is 1. The third-order valence-corrected chi connectivity index (χ3v) is 6.74. The summed E-state index contributed by atoms with van der Waals surface area (Å²) in [6, 6.07) is 4.79. The molecule has 1 atom stereocenters. The first kappa shape index (κ1) is 23.5. The van der Waals surface area contributed by atoms with Gasteiger partial charge in [0, 0.05) is 31.4 Å². The van der Waals surface area contributed by atoms with Crippen molar-refractivity contribution in [1.82, 2.24) is 25.1 Å². The summed E-state index contributed by atoms with van der Waals surface area (Å²) in [4.78, 5) is 37.8. The van der Waals surface area contributed by atoms with Crippen molar-refractivity contribution in [3.8, 4) is 5.69 Å². The molecule has 2 amide bonds. The highest BCUT2D eigenvalue weighted by atomic mass is 35.5. The summed E-state index contributed by atoms with van der Waals surface area (Å²) in [6.45, 7) is 1.37. The first-order valence-corrected chi connectivity index (χ1v) is 11.9. The van der Waals surface area contributed by atoms with Gasteiger partial charge in [-0.15, -0.1) is 0 Å². The number of nitrogens with one attached hydrogen (secondary N) is 3. The number of carbonyl (C=O) groups excluding carboxylic acids is 2. The third-order valence-electron chi connectivity index (χ3n) is 6.41. The van der Waals surface area contributed by atoms with Crippen LogP contribution in [0, 0.1) is 5.92 Å². The number of hydrogen-bond donors (Lipinski definition) is 4. The Morgan fingerprint density at radius 1 is 1.15 bits per heavy atom. The van der Waals surface area contributed by atoms with Crippen molar-refractivity contribution < 1.29 is 14.7 Å². The first-order valence-electron chi connectivity index (χ1n) is 11.5. The van der Waals surface area contributed by atoms with Crippen LogP contribution in [0.3, 0.4) is 0 Å². The minimum Gasteiger partial charge on any atom is -0.373 e. The van der Waals surface area contributed by atoms with Crippen LogP contribution >= 0.6 is 11.6 Å². The van der Waals surface area contributed by atoms with Crippen molar-refractivity contribution in [1.29, 1.82) is 0 Å². The lowest BCUT2D eigenvalue weighted by atomic mass is 9.98. The highest BCUT2D eigenvalue weighted by Gasteiger charge is 2.24. The van der Waals surface area contributed by atoms with E-state index in [4.69, 9.17) is 11.6 Å². The van der Waals surface area contributed by atoms with E-state index < -0.39 is 17.8 Å². The molecular weight excluding hydrogens is 446 g/mol. The number of imidazole rings is 1. The zero-order valence-corrected chi connectivity index (χ0v) is 19.2. The van der Waals surface area contributed by atoms with Crippen LogP contribution in [-0.2, 0) is 11.3 Å². The van der Waals surface area contributed by atoms with Crippen molar-refractivity contribution in [3.05, 3.63) is 51.7 Å². The second-order valence-electron chi connectivity index (χ2n) is 8.84. The van der Waals surface area contributed by atoms with Crippen LogP contribution in [-0.4, -0.2) is 51.4 Å². The van der Waals surface area contributed by atoms with Gasteiger partial charge in [-0.25, -0.2) is 4.79 Å². The molecule has 33 heavy (non-hydrogen) atoms. The summed E-state index contributed by atoms with van der Waals surface area (Å²) in [5.74, 6) is -0.693. The molecule has 1 saturated carbocycles. The van der Waals surface area contributed by atoms with E-state index >= 15 is 0 Å². The number of nitrogens with zero attached hydrogens (tertiary/aromatic N) is 2. The molecule has 1 aromatic carbocycles. The molecule has 2 heterocycles. The standard InChI is InChI=1S/C23H30ClN5O4/c24-19-8-7-17(11-18(19)22(32)27-21(31)15-5-3-1-2-4-6-15)29-10-9-28(23(29)33)14-20(30)26-16-12-25-13-16/h7-11,15-16,21,25,31H,1-6,12-14H2,(H,26,30)(H,27,32). The second-order valence-corrected chi connectivity index (χ2v) is 9.24. The van der Waals surface area contributed by atoms with Crippen molar-refractivity contribution in [3.63, 3.8) is 0 Å². The molecule has 4 rings (SSSR count). The van der Waals surface area contributed by atoms with Crippen LogP contribution in [0.4, 0.5) is 0 Å². The van der Waals surface area contributed by atoms with Crippen LogP contribution in [0.25, 0.3) is 5.69 Å². The molecule has 1 aromatic heterocycles. The van der Waals surface area contributed by atoms with Gasteiger partial charge in [0.25, 0.3) is 5.91 Å². The number of benzene rings is 1. The molecule has 1 saturated heterocycles. The van der Waals surface area contributed by atoms with Crippen molar-refractivity contribution in [2.45, 2.75) is 57.3 Å². The Labute approximate surface area is 197 Å². The lowest BCUT2D eigenvalue weighted by Gasteiger charge is -2.27. The van der Waals surface area contributed by atoms with Crippen molar-refractivity contribution in [2.75, 3.05) is 13.1 Å². The molecule has 9 nitrogen and oxygen atoms in total. The fourth-order valence-corrected chi connectivity index (χ4v) is 4.55. The Hall–Kier alpha value is -2.62. The van der Waals surface area contributed by atoms with E-state index in [0.717, 1.165) is 51.6 Å². The van der Waals surface area contributed by atoms with Gasteiger partial charge in [0.2, 0.25) is 5.91 Å². The lowest BCUT2D eigenvalue weighted by molar-refractivity contribution is -0.122. The number of amides is 2. The van der Waals surface area contributed by atoms with Crippen LogP contribution in [0.2, 0.25) is 5.02 Å². The third kappa shape index (κ3) is 5.66. The summed E-state index contributed by atoms with van der Waals surface area (Å²) in [7, 11) is 0. The van der Waals surface area contributed by atoms with Crippen molar-refractivity contribution >= 4 is 23.4 Å². The van der Waals surface area contributed by atoms with Crippen LogP contribution in [0.15, 0.2) is 35.4 Å². The normalized spacial score (nSPS) is 18.2. The van der Waals surface area contributed by atoms with Crippen molar-refractivity contribution in [2.24, 2.45) is 5.92 Å².